The van der Waals surface area contributed by atoms with E-state index in [-0.39, 0.29) is 16.7 Å². The number of carbonyl (C=O) groups is 1. The van der Waals surface area contributed by atoms with Crippen LogP contribution in [0.4, 0.5) is 10.1 Å². The van der Waals surface area contributed by atoms with E-state index in [9.17, 15) is 9.18 Å². The van der Waals surface area contributed by atoms with Gasteiger partial charge in [0, 0.05) is 12.1 Å². The number of anilines is 1. The first-order valence-electron chi connectivity index (χ1n) is 7.07. The zero-order chi connectivity index (χ0) is 16.9. The molecule has 0 atom stereocenters. The van der Waals surface area contributed by atoms with Gasteiger partial charge in [-0.05, 0) is 24.3 Å². The van der Waals surface area contributed by atoms with Crippen LogP contribution in [0.15, 0.2) is 29.4 Å². The summed E-state index contributed by atoms with van der Waals surface area (Å²) in [6.45, 7) is 1.99. The van der Waals surface area contributed by atoms with E-state index in [1.54, 1.807) is 0 Å². The van der Waals surface area contributed by atoms with Crippen LogP contribution >= 0.6 is 23.1 Å². The molecule has 0 fully saturated rings. The van der Waals surface area contributed by atoms with Gasteiger partial charge in [0.2, 0.25) is 10.2 Å². The van der Waals surface area contributed by atoms with Crippen LogP contribution < -0.4 is 5.32 Å². The fourth-order valence-corrected chi connectivity index (χ4v) is 3.29. The molecular weight excluding hydrogens is 351 g/mol. The number of nitrogens with one attached hydrogen (secondary N) is 2. The van der Waals surface area contributed by atoms with Gasteiger partial charge in [-0.3, -0.25) is 9.89 Å². The Bertz CT molecular complexity index is 832. The molecule has 0 unspecified atom stereocenters. The molecule has 1 amide bonds. The number of aromatic amines is 1. The number of benzene rings is 1. The average Bonchev–Trinajstić information content (AvgIpc) is 3.24. The van der Waals surface area contributed by atoms with Crippen molar-refractivity contribution in [3.8, 4) is 0 Å². The number of carbonyl (C=O) groups excluding carboxylic acids is 1. The molecule has 10 heteroatoms. The Morgan fingerprint density at radius 3 is 2.83 bits per heavy atom. The summed E-state index contributed by atoms with van der Waals surface area (Å²) < 4.78 is 12.9. The molecule has 3 aromatic rings. The first kappa shape index (κ1) is 16.5. The normalized spacial score (nSPS) is 10.8. The van der Waals surface area contributed by atoms with Gasteiger partial charge < -0.3 is 5.32 Å². The Morgan fingerprint density at radius 1 is 1.33 bits per heavy atom. The summed E-state index contributed by atoms with van der Waals surface area (Å²) in [6, 6.07) is 5.53. The van der Waals surface area contributed by atoms with Gasteiger partial charge >= 0.3 is 0 Å². The highest BCUT2D eigenvalue weighted by Gasteiger charge is 2.14. The lowest BCUT2D eigenvalue weighted by Crippen LogP contribution is -2.11. The largest absolute Gasteiger partial charge is 0.320 e. The zero-order valence-electron chi connectivity index (χ0n) is 12.6. The second kappa shape index (κ2) is 7.49. The van der Waals surface area contributed by atoms with Crippen molar-refractivity contribution in [3.63, 3.8) is 0 Å². The summed E-state index contributed by atoms with van der Waals surface area (Å²) in [7, 11) is 0. The van der Waals surface area contributed by atoms with Crippen LogP contribution in [-0.4, -0.2) is 31.3 Å². The second-order valence-electron chi connectivity index (χ2n) is 4.67. The lowest BCUT2D eigenvalue weighted by atomic mass is 10.3. The molecule has 0 radical (unpaired) electrons. The lowest BCUT2D eigenvalue weighted by molar-refractivity contribution is 0.102. The van der Waals surface area contributed by atoms with Crippen LogP contribution in [0.3, 0.4) is 0 Å². The number of hydrogen-bond acceptors (Lipinski definition) is 7. The number of hydrogen-bond donors (Lipinski definition) is 2. The zero-order valence-corrected chi connectivity index (χ0v) is 14.2. The topological polar surface area (TPSA) is 96.4 Å². The molecule has 0 saturated heterocycles. The quantitative estimate of drug-likeness (QED) is 0.653. The number of rotatable bonds is 6. The minimum atomic E-state index is -0.374. The highest BCUT2D eigenvalue weighted by molar-refractivity contribution is 7.98. The third-order valence-corrected chi connectivity index (χ3v) is 4.90. The first-order valence-corrected chi connectivity index (χ1v) is 8.87. The number of amides is 1. The average molecular weight is 364 g/mol. The molecule has 0 aliphatic rings. The third kappa shape index (κ3) is 4.15. The summed E-state index contributed by atoms with van der Waals surface area (Å²) in [5.74, 6) is 0.625. The Labute approximate surface area is 145 Å². The Kier molecular flexibility index (Phi) is 5.16. The Balaban J connectivity index is 1.58. The van der Waals surface area contributed by atoms with E-state index in [2.05, 4.69) is 30.7 Å². The minimum absolute atomic E-state index is 0.249. The maximum absolute atomic E-state index is 12.9. The van der Waals surface area contributed by atoms with Gasteiger partial charge in [-0.1, -0.05) is 30.0 Å². The van der Waals surface area contributed by atoms with Crippen molar-refractivity contribution in [2.24, 2.45) is 0 Å². The summed E-state index contributed by atoms with van der Waals surface area (Å²) in [6.07, 6.45) is 0.792. The van der Waals surface area contributed by atoms with Gasteiger partial charge in [0.25, 0.3) is 5.91 Å². The van der Waals surface area contributed by atoms with Gasteiger partial charge in [-0.15, -0.1) is 15.3 Å². The van der Waals surface area contributed by atoms with E-state index in [4.69, 9.17) is 0 Å². The van der Waals surface area contributed by atoms with Crippen molar-refractivity contribution >= 4 is 34.7 Å². The van der Waals surface area contributed by atoms with E-state index >= 15 is 0 Å². The van der Waals surface area contributed by atoms with E-state index < -0.39 is 0 Å². The van der Waals surface area contributed by atoms with E-state index in [0.717, 1.165) is 12.2 Å². The highest BCUT2D eigenvalue weighted by Crippen LogP contribution is 2.22. The molecule has 0 aliphatic heterocycles. The fourth-order valence-electron chi connectivity index (χ4n) is 1.75. The summed E-state index contributed by atoms with van der Waals surface area (Å²) >= 11 is 2.62. The first-order chi connectivity index (χ1) is 11.6. The molecule has 3 rings (SSSR count). The molecule has 0 aliphatic carbocycles. The molecule has 124 valence electrons. The maximum Gasteiger partial charge on any atom is 0.286 e. The Morgan fingerprint density at radius 2 is 2.12 bits per heavy atom. The number of aromatic nitrogens is 5. The van der Waals surface area contributed by atoms with Crippen molar-refractivity contribution in [1.82, 2.24) is 25.4 Å². The molecule has 2 heterocycles. The van der Waals surface area contributed by atoms with Crippen LogP contribution in [0.2, 0.25) is 0 Å². The van der Waals surface area contributed by atoms with Crippen molar-refractivity contribution in [2.45, 2.75) is 24.3 Å². The lowest BCUT2D eigenvalue weighted by Gasteiger charge is -2.01. The van der Waals surface area contributed by atoms with Gasteiger partial charge in [0.15, 0.2) is 0 Å². The number of thioether (sulfide) groups is 1. The van der Waals surface area contributed by atoms with Gasteiger partial charge in [0.1, 0.15) is 16.6 Å². The second-order valence-corrected chi connectivity index (χ2v) is 6.67. The predicted molar refractivity (Wildman–Crippen MR) is 89.6 cm³/mol. The number of aryl methyl sites for hydroxylation is 1. The Hall–Kier alpha value is -2.33. The number of H-pyrrole nitrogens is 1. The van der Waals surface area contributed by atoms with Gasteiger partial charge in [-0.25, -0.2) is 9.37 Å². The van der Waals surface area contributed by atoms with Crippen molar-refractivity contribution in [2.75, 3.05) is 5.32 Å². The predicted octanol–water partition coefficient (Wildman–Crippen LogP) is 2.90. The number of halogens is 1. The molecule has 7 nitrogen and oxygen atoms in total. The van der Waals surface area contributed by atoms with E-state index in [0.29, 0.717) is 21.6 Å². The number of nitrogens with zero attached hydrogens (tertiary/aromatic N) is 4. The van der Waals surface area contributed by atoms with Crippen molar-refractivity contribution < 1.29 is 9.18 Å². The van der Waals surface area contributed by atoms with Crippen molar-refractivity contribution in [1.29, 1.82) is 0 Å². The monoisotopic (exact) mass is 364 g/mol. The molecule has 1 aromatic carbocycles. The molecule has 0 saturated carbocycles. The molecule has 2 aromatic heterocycles. The van der Waals surface area contributed by atoms with Gasteiger partial charge in [0.05, 0.1) is 5.75 Å². The third-order valence-electron chi connectivity index (χ3n) is 2.93. The fraction of sp³-hybridized carbons (Fsp3) is 0.214. The maximum atomic E-state index is 12.9. The smallest absolute Gasteiger partial charge is 0.286 e. The highest BCUT2D eigenvalue weighted by atomic mass is 32.2. The minimum Gasteiger partial charge on any atom is -0.320 e. The molecule has 0 spiro atoms. The van der Waals surface area contributed by atoms with Crippen LogP contribution in [0.1, 0.15) is 27.6 Å². The summed E-state index contributed by atoms with van der Waals surface area (Å²) in [4.78, 5) is 16.4. The summed E-state index contributed by atoms with van der Waals surface area (Å²) in [5, 5.41) is 19.0. The van der Waals surface area contributed by atoms with Gasteiger partial charge in [-0.2, -0.15) is 0 Å². The molecule has 24 heavy (non-hydrogen) atoms. The van der Waals surface area contributed by atoms with E-state index in [1.807, 2.05) is 6.92 Å². The molecule has 2 N–H and O–H groups in total. The standard InChI is InChI=1S/C14H13FN6OS2/c1-2-10-17-14(21-18-10)23-7-11-19-20-13(24-11)12(22)16-9-5-3-8(15)4-6-9/h3-6H,2,7H2,1H3,(H,16,22)(H,17,18,21). The summed E-state index contributed by atoms with van der Waals surface area (Å²) in [5.41, 5.74) is 0.500. The van der Waals surface area contributed by atoms with Crippen LogP contribution in [-0.2, 0) is 12.2 Å². The van der Waals surface area contributed by atoms with Crippen LogP contribution in [0.5, 0.6) is 0 Å². The van der Waals surface area contributed by atoms with Crippen LogP contribution in [0.25, 0.3) is 0 Å². The van der Waals surface area contributed by atoms with Crippen LogP contribution in [0, 0.1) is 5.82 Å². The molecular formula is C14H13FN6OS2. The molecule has 0 bridgehead atoms. The SMILES string of the molecule is CCc1nc(SCc2nnc(C(=O)Nc3ccc(F)cc3)s2)n[nH]1. The van der Waals surface area contributed by atoms with Crippen molar-refractivity contribution in [3.05, 3.63) is 45.9 Å². The van der Waals surface area contributed by atoms with E-state index in [1.165, 1.54) is 47.4 Å².